The van der Waals surface area contributed by atoms with Gasteiger partial charge in [-0.15, -0.1) is 0 Å². The second-order valence-electron chi connectivity index (χ2n) is 6.32. The molecule has 9 heteroatoms. The van der Waals surface area contributed by atoms with E-state index in [2.05, 4.69) is 10.0 Å². The lowest BCUT2D eigenvalue weighted by molar-refractivity contribution is -0.149. The normalized spacial score (nSPS) is 27.5. The first kappa shape index (κ1) is 16.4. The van der Waals surface area contributed by atoms with Gasteiger partial charge in [-0.1, -0.05) is 5.11 Å². The van der Waals surface area contributed by atoms with Crippen LogP contribution in [0.1, 0.15) is 29.1 Å². The number of fused-ring (bicyclic) bond motifs is 1. The van der Waals surface area contributed by atoms with Crippen molar-refractivity contribution in [2.75, 3.05) is 13.1 Å². The van der Waals surface area contributed by atoms with E-state index in [1.807, 2.05) is 0 Å². The Kier molecular flexibility index (Phi) is 4.48. The van der Waals surface area contributed by atoms with E-state index in [0.29, 0.717) is 6.54 Å². The Hall–Kier alpha value is -1.99. The molecule has 0 aromatic heterocycles. The number of morpholine rings is 1. The summed E-state index contributed by atoms with van der Waals surface area (Å²) in [5, 5.41) is 3.46. The minimum atomic E-state index is -0.751. The molecule has 1 amide bonds. The van der Waals surface area contributed by atoms with Gasteiger partial charge in [-0.2, -0.15) is 0 Å². The third-order valence-corrected chi connectivity index (χ3v) is 3.35. The van der Waals surface area contributed by atoms with Gasteiger partial charge < -0.3 is 14.2 Å². The molecule has 9 nitrogen and oxygen atoms in total. The predicted octanol–water partition coefficient (Wildman–Crippen LogP) is 1.86. The van der Waals surface area contributed by atoms with Gasteiger partial charge in [0.15, 0.2) is 0 Å². The van der Waals surface area contributed by atoms with Crippen LogP contribution in [-0.2, 0) is 19.0 Å². The van der Waals surface area contributed by atoms with Crippen molar-refractivity contribution in [2.45, 2.75) is 57.6 Å². The zero-order valence-corrected chi connectivity index (χ0v) is 13.1. The van der Waals surface area contributed by atoms with Crippen LogP contribution in [0.2, 0.25) is 0 Å². The van der Waals surface area contributed by atoms with Crippen LogP contribution in [0, 0.1) is 0 Å². The van der Waals surface area contributed by atoms with Crippen LogP contribution in [0.4, 0.5) is 4.79 Å². The molecular weight excluding hydrogens is 292 g/mol. The summed E-state index contributed by atoms with van der Waals surface area (Å²) in [6.07, 6.45) is -1.54. The number of esters is 1. The third-order valence-electron chi connectivity index (χ3n) is 3.35. The molecule has 0 bridgehead atoms. The summed E-state index contributed by atoms with van der Waals surface area (Å²) >= 11 is 0. The molecule has 0 N–H and O–H groups in total. The average Bonchev–Trinajstić information content (AvgIpc) is 3.03. The molecule has 2 heterocycles. The summed E-state index contributed by atoms with van der Waals surface area (Å²) in [5.74, 6) is -0.508. The summed E-state index contributed by atoms with van der Waals surface area (Å²) in [7, 11) is 0. The van der Waals surface area contributed by atoms with Crippen LogP contribution >= 0.6 is 0 Å². The van der Waals surface area contributed by atoms with Gasteiger partial charge in [0.05, 0.1) is 13.1 Å². The summed E-state index contributed by atoms with van der Waals surface area (Å²) in [6, 6.07) is -0.505. The maximum absolute atomic E-state index is 12.3. The first-order valence-electron chi connectivity index (χ1n) is 7.06. The number of carbonyl (C=O) groups excluding carboxylic acids is 2. The lowest BCUT2D eigenvalue weighted by Gasteiger charge is -2.33. The van der Waals surface area contributed by atoms with E-state index in [0.717, 1.165) is 0 Å². The SMILES string of the molecule is CC(=O)O[C@H](CN=[N+]=[N-])C1[C@@H]2O[C@@H]2CN1C(=O)OC(C)(C)C.[HH]. The van der Waals surface area contributed by atoms with E-state index in [4.69, 9.17) is 19.7 Å². The van der Waals surface area contributed by atoms with Crippen molar-refractivity contribution < 1.29 is 25.2 Å². The van der Waals surface area contributed by atoms with Gasteiger partial charge in [0.2, 0.25) is 0 Å². The number of azide groups is 1. The number of hydrogen-bond donors (Lipinski definition) is 0. The summed E-state index contributed by atoms with van der Waals surface area (Å²) in [5.41, 5.74) is 7.85. The highest BCUT2D eigenvalue weighted by atomic mass is 16.6. The van der Waals surface area contributed by atoms with Crippen molar-refractivity contribution in [2.24, 2.45) is 5.11 Å². The van der Waals surface area contributed by atoms with Crippen molar-refractivity contribution >= 4 is 12.1 Å². The summed E-state index contributed by atoms with van der Waals surface area (Å²) < 4.78 is 16.0. The number of amides is 1. The Bertz CT molecular complexity index is 513. The molecule has 4 atom stereocenters. The molecule has 2 fully saturated rings. The van der Waals surface area contributed by atoms with Crippen LogP contribution < -0.4 is 0 Å². The van der Waals surface area contributed by atoms with Crippen molar-refractivity contribution in [1.29, 1.82) is 0 Å². The first-order chi connectivity index (χ1) is 10.2. The van der Waals surface area contributed by atoms with E-state index in [1.165, 1.54) is 11.8 Å². The minimum absolute atomic E-state index is 0. The third kappa shape index (κ3) is 3.80. The van der Waals surface area contributed by atoms with Crippen LogP contribution in [0.15, 0.2) is 5.11 Å². The van der Waals surface area contributed by atoms with Gasteiger partial charge in [0, 0.05) is 13.3 Å². The van der Waals surface area contributed by atoms with Crippen LogP contribution in [0.3, 0.4) is 0 Å². The Labute approximate surface area is 129 Å². The molecule has 2 saturated heterocycles. The topological polar surface area (TPSA) is 117 Å². The average molecular weight is 314 g/mol. The number of epoxide rings is 1. The van der Waals surface area contributed by atoms with Crippen molar-refractivity contribution in [3.05, 3.63) is 10.4 Å². The molecular formula is C13H22N4O5. The summed E-state index contributed by atoms with van der Waals surface area (Å²) in [4.78, 5) is 27.7. The highest BCUT2D eigenvalue weighted by Gasteiger charge is 2.60. The molecule has 0 spiro atoms. The maximum Gasteiger partial charge on any atom is 0.410 e. The number of likely N-dealkylation sites (tertiary alicyclic amines) is 1. The second kappa shape index (κ2) is 6.02. The van der Waals surface area contributed by atoms with Gasteiger partial charge in [-0.05, 0) is 26.3 Å². The lowest BCUT2D eigenvalue weighted by Crippen LogP contribution is -2.51. The Balaban J connectivity index is 0.00000264. The number of carbonyl (C=O) groups is 2. The Morgan fingerprint density at radius 1 is 1.55 bits per heavy atom. The number of ether oxygens (including phenoxy) is 3. The highest BCUT2D eigenvalue weighted by Crippen LogP contribution is 2.39. The van der Waals surface area contributed by atoms with Gasteiger partial charge >= 0.3 is 12.1 Å². The maximum atomic E-state index is 12.3. The monoisotopic (exact) mass is 314 g/mol. The number of nitrogens with zero attached hydrogens (tertiary/aromatic N) is 4. The molecule has 0 aliphatic carbocycles. The van der Waals surface area contributed by atoms with Gasteiger partial charge in [0.25, 0.3) is 0 Å². The Morgan fingerprint density at radius 3 is 2.77 bits per heavy atom. The fourth-order valence-electron chi connectivity index (χ4n) is 2.57. The van der Waals surface area contributed by atoms with Gasteiger partial charge in [0.1, 0.15) is 30.0 Å². The lowest BCUT2D eigenvalue weighted by atomic mass is 10.1. The van der Waals surface area contributed by atoms with Crippen molar-refractivity contribution in [3.8, 4) is 0 Å². The van der Waals surface area contributed by atoms with Crippen molar-refractivity contribution in [1.82, 2.24) is 4.90 Å². The molecule has 2 rings (SSSR count). The van der Waals surface area contributed by atoms with Gasteiger partial charge in [-0.25, -0.2) is 4.79 Å². The van der Waals surface area contributed by atoms with E-state index in [-0.39, 0.29) is 20.2 Å². The molecule has 0 aromatic rings. The molecule has 2 aliphatic rings. The zero-order chi connectivity index (χ0) is 16.5. The van der Waals surface area contributed by atoms with Crippen molar-refractivity contribution in [3.63, 3.8) is 0 Å². The molecule has 2 aliphatic heterocycles. The molecule has 22 heavy (non-hydrogen) atoms. The zero-order valence-electron chi connectivity index (χ0n) is 13.1. The van der Waals surface area contributed by atoms with E-state index >= 15 is 0 Å². The van der Waals surface area contributed by atoms with Crippen LogP contribution in [0.25, 0.3) is 10.4 Å². The van der Waals surface area contributed by atoms with E-state index in [9.17, 15) is 9.59 Å². The Morgan fingerprint density at radius 2 is 2.23 bits per heavy atom. The fourth-order valence-corrected chi connectivity index (χ4v) is 2.57. The second-order valence-corrected chi connectivity index (χ2v) is 6.32. The quantitative estimate of drug-likeness (QED) is 0.258. The van der Waals surface area contributed by atoms with E-state index < -0.39 is 29.8 Å². The number of rotatable bonds is 4. The molecule has 0 saturated carbocycles. The largest absolute Gasteiger partial charge is 0.460 e. The smallest absolute Gasteiger partial charge is 0.410 e. The minimum Gasteiger partial charge on any atom is -0.460 e. The van der Waals surface area contributed by atoms with E-state index in [1.54, 1.807) is 20.8 Å². The standard InChI is InChI=1S/C13H20N4O5.H2/c1-7(18)20-8(5-15-16-14)10-11-9(21-11)6-17(10)12(19)22-13(2,3)4;/h8-11H,5-6H2,1-4H3;1H/t8-,9-,10?,11-;/m1./s1. The molecule has 0 radical (unpaired) electrons. The fraction of sp³-hybridized carbons (Fsp3) is 0.846. The van der Waals surface area contributed by atoms with Gasteiger partial charge in [-0.3, -0.25) is 9.69 Å². The van der Waals surface area contributed by atoms with Crippen LogP contribution in [-0.4, -0.2) is 60.0 Å². The molecule has 1 unspecified atom stereocenters. The molecule has 0 aromatic carbocycles. The first-order valence-corrected chi connectivity index (χ1v) is 7.06. The predicted molar refractivity (Wildman–Crippen MR) is 77.1 cm³/mol. The summed E-state index contributed by atoms with van der Waals surface area (Å²) in [6.45, 7) is 6.90. The highest BCUT2D eigenvalue weighted by molar-refractivity contribution is 5.70. The number of hydrogen-bond acceptors (Lipinski definition) is 6. The van der Waals surface area contributed by atoms with Crippen LogP contribution in [0.5, 0.6) is 0 Å². The molecule has 124 valence electrons.